The van der Waals surface area contributed by atoms with Crippen molar-refractivity contribution >= 4 is 22.8 Å². The molecule has 10 heavy (non-hydrogen) atoms. The standard InChI is InChI=1S/C6H8ClNO2/c1-6(5(7)10)2-4(9)8-3-6/h2-3H2,1H3,(H,8,9). The van der Waals surface area contributed by atoms with Crippen molar-refractivity contribution in [1.82, 2.24) is 5.32 Å². The first-order chi connectivity index (χ1) is 4.54. The van der Waals surface area contributed by atoms with Gasteiger partial charge in [-0.3, -0.25) is 9.59 Å². The van der Waals surface area contributed by atoms with E-state index < -0.39 is 10.7 Å². The lowest BCUT2D eigenvalue weighted by Gasteiger charge is -2.13. The van der Waals surface area contributed by atoms with Crippen LogP contribution in [0.3, 0.4) is 0 Å². The molecule has 1 amide bonds. The van der Waals surface area contributed by atoms with Crippen LogP contribution in [0.25, 0.3) is 0 Å². The summed E-state index contributed by atoms with van der Waals surface area (Å²) in [5, 5.41) is 2.11. The molecule has 1 aliphatic rings. The zero-order chi connectivity index (χ0) is 7.78. The fraction of sp³-hybridized carbons (Fsp3) is 0.667. The lowest BCUT2D eigenvalue weighted by molar-refractivity contribution is -0.123. The summed E-state index contributed by atoms with van der Waals surface area (Å²) in [6, 6.07) is 0. The number of carbonyl (C=O) groups excluding carboxylic acids is 2. The van der Waals surface area contributed by atoms with E-state index in [2.05, 4.69) is 5.32 Å². The average Bonchev–Trinajstić information content (AvgIpc) is 2.13. The molecule has 1 N–H and O–H groups in total. The first kappa shape index (κ1) is 7.54. The third-order valence-electron chi connectivity index (χ3n) is 1.70. The SMILES string of the molecule is CC1(C(=O)Cl)CNC(=O)C1. The lowest BCUT2D eigenvalue weighted by Crippen LogP contribution is -2.26. The summed E-state index contributed by atoms with van der Waals surface area (Å²) in [5.41, 5.74) is -0.668. The summed E-state index contributed by atoms with van der Waals surface area (Å²) in [7, 11) is 0. The second-order valence-corrected chi connectivity index (χ2v) is 3.13. The van der Waals surface area contributed by atoms with Gasteiger partial charge < -0.3 is 5.32 Å². The number of carbonyl (C=O) groups is 2. The minimum Gasteiger partial charge on any atom is -0.355 e. The van der Waals surface area contributed by atoms with E-state index in [-0.39, 0.29) is 12.3 Å². The van der Waals surface area contributed by atoms with E-state index in [1.54, 1.807) is 6.92 Å². The lowest BCUT2D eigenvalue weighted by atomic mass is 9.92. The van der Waals surface area contributed by atoms with E-state index in [1.807, 2.05) is 0 Å². The molecule has 0 spiro atoms. The predicted molar refractivity (Wildman–Crippen MR) is 36.6 cm³/mol. The second-order valence-electron chi connectivity index (χ2n) is 2.79. The Labute approximate surface area is 63.7 Å². The molecule has 1 unspecified atom stereocenters. The van der Waals surface area contributed by atoms with Crippen molar-refractivity contribution in [2.75, 3.05) is 6.54 Å². The number of rotatable bonds is 1. The van der Waals surface area contributed by atoms with Gasteiger partial charge >= 0.3 is 0 Å². The Balaban J connectivity index is 2.72. The van der Waals surface area contributed by atoms with Crippen LogP contribution in [0, 0.1) is 5.41 Å². The molecule has 0 radical (unpaired) electrons. The Hall–Kier alpha value is -0.570. The molecule has 0 aromatic carbocycles. The quantitative estimate of drug-likeness (QED) is 0.562. The molecule has 1 fully saturated rings. The molecule has 56 valence electrons. The van der Waals surface area contributed by atoms with Crippen molar-refractivity contribution in [2.24, 2.45) is 5.41 Å². The largest absolute Gasteiger partial charge is 0.355 e. The number of nitrogens with one attached hydrogen (secondary N) is 1. The molecule has 1 atom stereocenters. The van der Waals surface area contributed by atoms with E-state index in [0.29, 0.717) is 6.54 Å². The third kappa shape index (κ3) is 1.14. The van der Waals surface area contributed by atoms with Crippen LogP contribution in [0.4, 0.5) is 0 Å². The molecular formula is C6H8ClNO2. The third-order valence-corrected chi connectivity index (χ3v) is 2.16. The van der Waals surface area contributed by atoms with E-state index in [0.717, 1.165) is 0 Å². The van der Waals surface area contributed by atoms with E-state index in [1.165, 1.54) is 0 Å². The highest BCUT2D eigenvalue weighted by molar-refractivity contribution is 6.64. The topological polar surface area (TPSA) is 46.2 Å². The second kappa shape index (κ2) is 2.23. The number of amides is 1. The van der Waals surface area contributed by atoms with Gasteiger partial charge in [0.25, 0.3) is 0 Å². The fourth-order valence-corrected chi connectivity index (χ4v) is 1.05. The molecule has 1 aliphatic heterocycles. The van der Waals surface area contributed by atoms with Gasteiger partial charge in [-0.1, -0.05) is 0 Å². The van der Waals surface area contributed by atoms with E-state index in [9.17, 15) is 9.59 Å². The van der Waals surface area contributed by atoms with Gasteiger partial charge in [0.15, 0.2) is 0 Å². The maximum absolute atomic E-state index is 10.7. The van der Waals surface area contributed by atoms with Gasteiger partial charge in [0.1, 0.15) is 0 Å². The Bertz CT molecular complexity index is 192. The smallest absolute Gasteiger partial charge is 0.229 e. The van der Waals surface area contributed by atoms with Gasteiger partial charge in [0, 0.05) is 13.0 Å². The summed E-state index contributed by atoms with van der Waals surface area (Å²) in [6.07, 6.45) is 0.218. The molecule has 4 heteroatoms. The minimum absolute atomic E-state index is 0.100. The highest BCUT2D eigenvalue weighted by Crippen LogP contribution is 2.27. The van der Waals surface area contributed by atoms with Gasteiger partial charge in [-0.15, -0.1) is 0 Å². The summed E-state index contributed by atoms with van der Waals surface area (Å²) < 4.78 is 0. The van der Waals surface area contributed by atoms with Gasteiger partial charge in [-0.25, -0.2) is 0 Å². The number of hydrogen-bond donors (Lipinski definition) is 1. The van der Waals surface area contributed by atoms with Gasteiger partial charge in [-0.2, -0.15) is 0 Å². The molecule has 3 nitrogen and oxygen atoms in total. The summed E-state index contributed by atoms with van der Waals surface area (Å²) >= 11 is 5.26. The van der Waals surface area contributed by atoms with Crippen molar-refractivity contribution in [3.8, 4) is 0 Å². The monoisotopic (exact) mass is 161 g/mol. The average molecular weight is 162 g/mol. The summed E-state index contributed by atoms with van der Waals surface area (Å²) in [5.74, 6) is -0.100. The van der Waals surface area contributed by atoms with Crippen LogP contribution in [0.5, 0.6) is 0 Å². The highest BCUT2D eigenvalue weighted by Gasteiger charge is 2.39. The molecule has 1 rings (SSSR count). The summed E-state index contributed by atoms with van der Waals surface area (Å²) in [6.45, 7) is 2.05. The van der Waals surface area contributed by atoms with Crippen LogP contribution >= 0.6 is 11.6 Å². The predicted octanol–water partition coefficient (Wildman–Crippen LogP) is 0.278. The first-order valence-corrected chi connectivity index (χ1v) is 3.39. The fourth-order valence-electron chi connectivity index (χ4n) is 0.912. The van der Waals surface area contributed by atoms with Crippen LogP contribution in [-0.2, 0) is 9.59 Å². The Kier molecular flexibility index (Phi) is 1.68. The van der Waals surface area contributed by atoms with Crippen LogP contribution < -0.4 is 5.32 Å². The van der Waals surface area contributed by atoms with E-state index >= 15 is 0 Å². The Morgan fingerprint density at radius 3 is 2.60 bits per heavy atom. The minimum atomic E-state index is -0.668. The summed E-state index contributed by atoms with van der Waals surface area (Å²) in [4.78, 5) is 21.3. The molecular weight excluding hydrogens is 154 g/mol. The number of halogens is 1. The molecule has 1 saturated heterocycles. The van der Waals surface area contributed by atoms with Crippen molar-refractivity contribution in [3.63, 3.8) is 0 Å². The molecule has 0 saturated carbocycles. The van der Waals surface area contributed by atoms with Crippen LogP contribution in [-0.4, -0.2) is 17.7 Å². The maximum Gasteiger partial charge on any atom is 0.229 e. The van der Waals surface area contributed by atoms with Gasteiger partial charge in [0.2, 0.25) is 11.1 Å². The molecule has 0 aromatic heterocycles. The van der Waals surface area contributed by atoms with Crippen LogP contribution in [0.15, 0.2) is 0 Å². The van der Waals surface area contributed by atoms with Crippen LogP contribution in [0.2, 0.25) is 0 Å². The highest BCUT2D eigenvalue weighted by atomic mass is 35.5. The van der Waals surface area contributed by atoms with Crippen molar-refractivity contribution in [2.45, 2.75) is 13.3 Å². The molecule has 1 heterocycles. The molecule has 0 aromatic rings. The zero-order valence-corrected chi connectivity index (χ0v) is 6.36. The zero-order valence-electron chi connectivity index (χ0n) is 5.61. The maximum atomic E-state index is 10.7. The van der Waals surface area contributed by atoms with Crippen LogP contribution in [0.1, 0.15) is 13.3 Å². The van der Waals surface area contributed by atoms with Crippen molar-refractivity contribution in [3.05, 3.63) is 0 Å². The molecule has 0 bridgehead atoms. The van der Waals surface area contributed by atoms with Crippen molar-refractivity contribution in [1.29, 1.82) is 0 Å². The normalized spacial score (nSPS) is 32.0. The van der Waals surface area contributed by atoms with Gasteiger partial charge in [0.05, 0.1) is 5.41 Å². The Morgan fingerprint density at radius 1 is 1.80 bits per heavy atom. The first-order valence-electron chi connectivity index (χ1n) is 3.01. The molecule has 0 aliphatic carbocycles. The van der Waals surface area contributed by atoms with Crippen molar-refractivity contribution < 1.29 is 9.59 Å². The number of hydrogen-bond acceptors (Lipinski definition) is 2. The van der Waals surface area contributed by atoms with E-state index in [4.69, 9.17) is 11.6 Å². The van der Waals surface area contributed by atoms with Gasteiger partial charge in [-0.05, 0) is 18.5 Å². The Morgan fingerprint density at radius 2 is 2.40 bits per heavy atom.